The first kappa shape index (κ1) is 23.6. The summed E-state index contributed by atoms with van der Waals surface area (Å²) >= 11 is 6.63. The first-order chi connectivity index (χ1) is 15.2. The maximum atomic E-state index is 9.34. The number of para-hydroxylation sites is 1. The molecule has 0 bridgehead atoms. The third-order valence-electron chi connectivity index (χ3n) is 7.05. The van der Waals surface area contributed by atoms with Crippen LogP contribution in [0.2, 0.25) is 5.02 Å². The van der Waals surface area contributed by atoms with Crippen molar-refractivity contribution in [1.29, 1.82) is 0 Å². The Balaban J connectivity index is 0.00000245. The summed E-state index contributed by atoms with van der Waals surface area (Å²) in [5.41, 5.74) is 2.03. The summed E-state index contributed by atoms with van der Waals surface area (Å²) in [5.74, 6) is 2.34. The van der Waals surface area contributed by atoms with Crippen molar-refractivity contribution >= 4 is 34.9 Å². The van der Waals surface area contributed by atoms with Crippen LogP contribution in [0.3, 0.4) is 0 Å². The smallest absolute Gasteiger partial charge is 0.249 e. The molecule has 1 aliphatic carbocycles. The molecule has 1 N–H and O–H groups in total. The van der Waals surface area contributed by atoms with Gasteiger partial charge in [0, 0.05) is 24.7 Å². The van der Waals surface area contributed by atoms with Gasteiger partial charge in [0.2, 0.25) is 11.8 Å². The molecule has 0 atom stereocenters. The standard InChI is InChI=1S/C24H31ClN4O2.ClH/c25-21-8-4-7-19-20(14-29(23(19)21)13-17-5-2-1-3-6-17)24-27-26-22(31-24)15-28-11-9-18(16-30)10-12-28;/h4,7-8,14,17-18,30H,1-3,5-6,9-13,15-16H2;1H. The summed E-state index contributed by atoms with van der Waals surface area (Å²) < 4.78 is 8.41. The monoisotopic (exact) mass is 478 g/mol. The molecule has 0 amide bonds. The number of halogens is 2. The molecule has 2 fully saturated rings. The second-order valence-corrected chi connectivity index (χ2v) is 9.65. The van der Waals surface area contributed by atoms with Crippen molar-refractivity contribution in [3.05, 3.63) is 35.3 Å². The van der Waals surface area contributed by atoms with Crippen molar-refractivity contribution in [2.75, 3.05) is 19.7 Å². The van der Waals surface area contributed by atoms with E-state index in [1.54, 1.807) is 0 Å². The number of aliphatic hydroxyl groups excluding tert-OH is 1. The van der Waals surface area contributed by atoms with Crippen LogP contribution in [0.15, 0.2) is 28.8 Å². The second kappa shape index (κ2) is 10.6. The first-order valence-corrected chi connectivity index (χ1v) is 12.0. The Morgan fingerprint density at radius 2 is 1.81 bits per heavy atom. The van der Waals surface area contributed by atoms with Crippen LogP contribution >= 0.6 is 24.0 Å². The summed E-state index contributed by atoms with van der Waals surface area (Å²) in [6.07, 6.45) is 10.8. The zero-order valence-electron chi connectivity index (χ0n) is 18.4. The van der Waals surface area contributed by atoms with Gasteiger partial charge in [-0.15, -0.1) is 22.6 Å². The quantitative estimate of drug-likeness (QED) is 0.502. The molecule has 6 nitrogen and oxygen atoms in total. The van der Waals surface area contributed by atoms with Crippen LogP contribution in [0.5, 0.6) is 0 Å². The molecule has 174 valence electrons. The minimum atomic E-state index is 0. The van der Waals surface area contributed by atoms with Gasteiger partial charge in [-0.1, -0.05) is 43.0 Å². The Hall–Kier alpha value is -1.60. The van der Waals surface area contributed by atoms with Gasteiger partial charge in [0.1, 0.15) is 0 Å². The molecular formula is C24H32Cl2N4O2. The summed E-state index contributed by atoms with van der Waals surface area (Å²) in [6.45, 7) is 3.85. The van der Waals surface area contributed by atoms with Crippen LogP contribution in [-0.4, -0.2) is 44.5 Å². The van der Waals surface area contributed by atoms with E-state index in [2.05, 4.69) is 31.9 Å². The lowest BCUT2D eigenvalue weighted by atomic mass is 9.89. The number of hydrogen-bond acceptors (Lipinski definition) is 5. The molecule has 2 aromatic heterocycles. The Morgan fingerprint density at radius 1 is 1.03 bits per heavy atom. The van der Waals surface area contributed by atoms with Crippen molar-refractivity contribution in [3.63, 3.8) is 0 Å². The van der Waals surface area contributed by atoms with Crippen molar-refractivity contribution in [1.82, 2.24) is 19.7 Å². The van der Waals surface area contributed by atoms with Gasteiger partial charge in [-0.25, -0.2) is 0 Å². The van der Waals surface area contributed by atoms with Crippen LogP contribution in [0.25, 0.3) is 22.4 Å². The second-order valence-electron chi connectivity index (χ2n) is 9.24. The average molecular weight is 479 g/mol. The summed E-state index contributed by atoms with van der Waals surface area (Å²) in [5, 5.41) is 19.9. The van der Waals surface area contributed by atoms with Gasteiger partial charge in [-0.2, -0.15) is 0 Å². The number of aromatic nitrogens is 3. The highest BCUT2D eigenvalue weighted by molar-refractivity contribution is 6.35. The number of rotatable bonds is 6. The highest BCUT2D eigenvalue weighted by Gasteiger charge is 2.23. The van der Waals surface area contributed by atoms with E-state index < -0.39 is 0 Å². The van der Waals surface area contributed by atoms with Crippen LogP contribution in [0.4, 0.5) is 0 Å². The Bertz CT molecular complexity index is 1020. The molecule has 3 heterocycles. The van der Waals surface area contributed by atoms with E-state index in [1.807, 2.05) is 12.1 Å². The summed E-state index contributed by atoms with van der Waals surface area (Å²) in [4.78, 5) is 2.33. The number of aliphatic hydroxyl groups is 1. The van der Waals surface area contributed by atoms with E-state index in [4.69, 9.17) is 16.0 Å². The average Bonchev–Trinajstić information content (AvgIpc) is 3.40. The van der Waals surface area contributed by atoms with Crippen LogP contribution in [0, 0.1) is 11.8 Å². The fourth-order valence-corrected chi connectivity index (χ4v) is 5.50. The fraction of sp³-hybridized carbons (Fsp3) is 0.583. The van der Waals surface area contributed by atoms with Crippen molar-refractivity contribution in [2.45, 2.75) is 58.0 Å². The van der Waals surface area contributed by atoms with E-state index >= 15 is 0 Å². The lowest BCUT2D eigenvalue weighted by Crippen LogP contribution is -2.34. The molecular weight excluding hydrogens is 447 g/mol. The summed E-state index contributed by atoms with van der Waals surface area (Å²) in [7, 11) is 0. The van der Waals surface area contributed by atoms with Crippen molar-refractivity contribution in [2.24, 2.45) is 11.8 Å². The molecule has 8 heteroatoms. The lowest BCUT2D eigenvalue weighted by Gasteiger charge is -2.29. The minimum Gasteiger partial charge on any atom is -0.419 e. The van der Waals surface area contributed by atoms with E-state index in [-0.39, 0.29) is 19.0 Å². The molecule has 1 saturated carbocycles. The zero-order chi connectivity index (χ0) is 21.2. The zero-order valence-corrected chi connectivity index (χ0v) is 20.0. The Kier molecular flexibility index (Phi) is 7.77. The van der Waals surface area contributed by atoms with Gasteiger partial charge in [-0.05, 0) is 56.7 Å². The van der Waals surface area contributed by atoms with Crippen molar-refractivity contribution in [3.8, 4) is 11.5 Å². The molecule has 5 rings (SSSR count). The van der Waals surface area contributed by atoms with Crippen LogP contribution in [0.1, 0.15) is 50.8 Å². The normalized spacial score (nSPS) is 18.8. The van der Waals surface area contributed by atoms with Gasteiger partial charge >= 0.3 is 0 Å². The molecule has 1 saturated heterocycles. The third-order valence-corrected chi connectivity index (χ3v) is 7.36. The first-order valence-electron chi connectivity index (χ1n) is 11.6. The SMILES string of the molecule is Cl.OCC1CCN(Cc2nnc(-c3cn(CC4CCCCC4)c4c(Cl)cccc34)o2)CC1. The van der Waals surface area contributed by atoms with Crippen LogP contribution < -0.4 is 0 Å². The topological polar surface area (TPSA) is 67.3 Å². The Labute approximate surface area is 200 Å². The number of hydrogen-bond donors (Lipinski definition) is 1. The molecule has 3 aromatic rings. The highest BCUT2D eigenvalue weighted by atomic mass is 35.5. The molecule has 0 unspecified atom stereocenters. The largest absolute Gasteiger partial charge is 0.419 e. The number of piperidine rings is 1. The van der Waals surface area contributed by atoms with Gasteiger partial charge in [0.25, 0.3) is 0 Å². The predicted molar refractivity (Wildman–Crippen MR) is 129 cm³/mol. The number of fused-ring (bicyclic) bond motifs is 1. The van der Waals surface area contributed by atoms with E-state index in [0.29, 0.717) is 30.2 Å². The Morgan fingerprint density at radius 3 is 2.56 bits per heavy atom. The van der Waals surface area contributed by atoms with Gasteiger partial charge in [-0.3, -0.25) is 4.90 Å². The predicted octanol–water partition coefficient (Wildman–Crippen LogP) is 5.55. The molecule has 1 aromatic carbocycles. The maximum Gasteiger partial charge on any atom is 0.249 e. The van der Waals surface area contributed by atoms with Gasteiger partial charge in [0.15, 0.2) is 0 Å². The lowest BCUT2D eigenvalue weighted by molar-refractivity contribution is 0.121. The minimum absolute atomic E-state index is 0. The fourth-order valence-electron chi connectivity index (χ4n) is 5.22. The number of benzene rings is 1. The maximum absolute atomic E-state index is 9.34. The molecule has 0 spiro atoms. The molecule has 2 aliphatic rings. The molecule has 0 radical (unpaired) electrons. The van der Waals surface area contributed by atoms with Crippen molar-refractivity contribution < 1.29 is 9.52 Å². The number of nitrogens with zero attached hydrogens (tertiary/aromatic N) is 4. The van der Waals surface area contributed by atoms with Gasteiger partial charge in [0.05, 0.1) is 22.6 Å². The molecule has 1 aliphatic heterocycles. The molecule has 32 heavy (non-hydrogen) atoms. The summed E-state index contributed by atoms with van der Waals surface area (Å²) in [6, 6.07) is 6.04. The van der Waals surface area contributed by atoms with Gasteiger partial charge < -0.3 is 14.1 Å². The van der Waals surface area contributed by atoms with Crippen LogP contribution in [-0.2, 0) is 13.1 Å². The van der Waals surface area contributed by atoms with E-state index in [9.17, 15) is 5.11 Å². The van der Waals surface area contributed by atoms with E-state index in [0.717, 1.165) is 54.0 Å². The highest BCUT2D eigenvalue weighted by Crippen LogP contribution is 2.36. The van der Waals surface area contributed by atoms with E-state index in [1.165, 1.54) is 32.1 Å². The third kappa shape index (κ3) is 4.98. The number of likely N-dealkylation sites (tertiary alicyclic amines) is 1.